The molecular weight excluding hydrogens is 342 g/mol. The molecule has 0 spiro atoms. The summed E-state index contributed by atoms with van der Waals surface area (Å²) in [6.45, 7) is 5.93. The highest BCUT2D eigenvalue weighted by atomic mass is 16.1. The van der Waals surface area contributed by atoms with Gasteiger partial charge in [0.2, 0.25) is 0 Å². The summed E-state index contributed by atoms with van der Waals surface area (Å²) in [5, 5.41) is 7.23. The van der Waals surface area contributed by atoms with E-state index in [0.29, 0.717) is 22.7 Å². The van der Waals surface area contributed by atoms with Gasteiger partial charge in [0.1, 0.15) is 0 Å². The zero-order valence-electron chi connectivity index (χ0n) is 15.1. The number of fused-ring (bicyclic) bond motifs is 1. The number of hydrogen-bond acceptors (Lipinski definition) is 6. The van der Waals surface area contributed by atoms with Crippen LogP contribution in [-0.4, -0.2) is 35.6 Å². The molecule has 0 unspecified atom stereocenters. The first-order chi connectivity index (χ1) is 13.0. The number of rotatable bonds is 3. The van der Waals surface area contributed by atoms with Crippen LogP contribution in [-0.2, 0) is 0 Å². The van der Waals surface area contributed by atoms with Crippen molar-refractivity contribution in [3.05, 3.63) is 65.5 Å². The normalized spacial score (nSPS) is 10.9. The Hall–Kier alpha value is -3.68. The summed E-state index contributed by atoms with van der Waals surface area (Å²) in [6.07, 6.45) is 6.34. The first-order valence-corrected chi connectivity index (χ1v) is 8.40. The fourth-order valence-electron chi connectivity index (χ4n) is 2.72. The molecule has 0 aliphatic heterocycles. The van der Waals surface area contributed by atoms with Gasteiger partial charge in [-0.3, -0.25) is 14.8 Å². The van der Waals surface area contributed by atoms with Crippen LogP contribution in [0.25, 0.3) is 17.0 Å². The van der Waals surface area contributed by atoms with Crippen LogP contribution in [0.15, 0.2) is 43.0 Å². The number of carbonyl (C=O) groups excluding carboxylic acids is 1. The van der Waals surface area contributed by atoms with Gasteiger partial charge in [0.25, 0.3) is 11.9 Å². The third-order valence-corrected chi connectivity index (χ3v) is 4.47. The summed E-state index contributed by atoms with van der Waals surface area (Å²) in [4.78, 5) is 29.5. The Labute approximate surface area is 155 Å². The number of benzene rings is 1. The van der Waals surface area contributed by atoms with E-state index in [2.05, 4.69) is 30.4 Å². The van der Waals surface area contributed by atoms with Gasteiger partial charge in [-0.05, 0) is 44.5 Å². The van der Waals surface area contributed by atoms with Crippen LogP contribution in [0.4, 0.5) is 5.69 Å². The van der Waals surface area contributed by atoms with Gasteiger partial charge in [-0.25, -0.2) is 14.6 Å². The molecule has 1 N–H and O–H groups in total. The molecule has 0 bridgehead atoms. The van der Waals surface area contributed by atoms with Crippen LogP contribution in [0.1, 0.15) is 27.3 Å². The number of amides is 1. The highest BCUT2D eigenvalue weighted by Crippen LogP contribution is 2.16. The van der Waals surface area contributed by atoms with E-state index in [1.165, 1.54) is 0 Å². The topological polar surface area (TPSA) is 98.5 Å². The molecule has 134 valence electrons. The van der Waals surface area contributed by atoms with Gasteiger partial charge in [-0.15, -0.1) is 0 Å². The third kappa shape index (κ3) is 3.12. The van der Waals surface area contributed by atoms with E-state index < -0.39 is 0 Å². The zero-order valence-corrected chi connectivity index (χ0v) is 15.1. The van der Waals surface area contributed by atoms with Gasteiger partial charge >= 0.3 is 0 Å². The molecule has 3 heterocycles. The standard InChI is InChI=1S/C19H17N7O/c1-11-12(2)25-26(13(11)3)19-22-9-15(10-23-19)24-18(27)14-4-5-16-17(8-14)21-7-6-20-16/h4-10H,1-3H3,(H,24,27). The predicted molar refractivity (Wildman–Crippen MR) is 101 cm³/mol. The summed E-state index contributed by atoms with van der Waals surface area (Å²) in [5.74, 6) is 0.198. The highest BCUT2D eigenvalue weighted by Gasteiger charge is 2.12. The van der Waals surface area contributed by atoms with Crippen LogP contribution in [0, 0.1) is 20.8 Å². The van der Waals surface area contributed by atoms with Gasteiger partial charge in [0.15, 0.2) is 0 Å². The average Bonchev–Trinajstić information content (AvgIpc) is 2.95. The molecular formula is C19H17N7O. The minimum Gasteiger partial charge on any atom is -0.319 e. The summed E-state index contributed by atoms with van der Waals surface area (Å²) < 4.78 is 1.69. The lowest BCUT2D eigenvalue weighted by Gasteiger charge is -2.07. The summed E-state index contributed by atoms with van der Waals surface area (Å²) in [5.41, 5.74) is 5.42. The van der Waals surface area contributed by atoms with Crippen LogP contribution >= 0.6 is 0 Å². The minimum absolute atomic E-state index is 0.263. The molecule has 0 atom stereocenters. The van der Waals surface area contributed by atoms with Crippen molar-refractivity contribution in [1.29, 1.82) is 0 Å². The zero-order chi connectivity index (χ0) is 19.0. The molecule has 0 aliphatic rings. The quantitative estimate of drug-likeness (QED) is 0.604. The first-order valence-electron chi connectivity index (χ1n) is 8.40. The molecule has 4 rings (SSSR count). The highest BCUT2D eigenvalue weighted by molar-refractivity contribution is 6.05. The summed E-state index contributed by atoms with van der Waals surface area (Å²) in [7, 11) is 0. The van der Waals surface area contributed by atoms with Gasteiger partial charge in [0.05, 0.1) is 34.8 Å². The van der Waals surface area contributed by atoms with E-state index in [-0.39, 0.29) is 5.91 Å². The Balaban J connectivity index is 1.55. The average molecular weight is 359 g/mol. The SMILES string of the molecule is Cc1nn(-c2ncc(NC(=O)c3ccc4nccnc4c3)cn2)c(C)c1C. The lowest BCUT2D eigenvalue weighted by atomic mass is 10.2. The van der Waals surface area contributed by atoms with E-state index in [0.717, 1.165) is 22.5 Å². The monoisotopic (exact) mass is 359 g/mol. The maximum absolute atomic E-state index is 12.5. The molecule has 0 radical (unpaired) electrons. The Morgan fingerprint density at radius 1 is 0.963 bits per heavy atom. The summed E-state index contributed by atoms with van der Waals surface area (Å²) in [6, 6.07) is 5.17. The van der Waals surface area contributed by atoms with Crippen LogP contribution in [0.5, 0.6) is 0 Å². The Kier molecular flexibility index (Phi) is 4.08. The van der Waals surface area contributed by atoms with Crippen molar-refractivity contribution in [3.8, 4) is 5.95 Å². The Morgan fingerprint density at radius 2 is 1.67 bits per heavy atom. The molecule has 0 fully saturated rings. The lowest BCUT2D eigenvalue weighted by Crippen LogP contribution is -2.13. The molecule has 0 saturated carbocycles. The number of hydrogen-bond donors (Lipinski definition) is 1. The summed E-state index contributed by atoms with van der Waals surface area (Å²) >= 11 is 0. The number of anilines is 1. The number of aromatic nitrogens is 6. The van der Waals surface area contributed by atoms with E-state index in [1.807, 2.05) is 20.8 Å². The fraction of sp³-hybridized carbons (Fsp3) is 0.158. The Bertz CT molecular complexity index is 1150. The molecule has 0 aliphatic carbocycles. The Morgan fingerprint density at radius 3 is 2.33 bits per heavy atom. The van der Waals surface area contributed by atoms with E-state index in [9.17, 15) is 4.79 Å². The van der Waals surface area contributed by atoms with Gasteiger partial charge in [-0.1, -0.05) is 0 Å². The number of nitrogens with one attached hydrogen (secondary N) is 1. The maximum atomic E-state index is 12.5. The lowest BCUT2D eigenvalue weighted by molar-refractivity contribution is 0.102. The fourth-order valence-corrected chi connectivity index (χ4v) is 2.72. The van der Waals surface area contributed by atoms with Crippen molar-refractivity contribution < 1.29 is 4.79 Å². The van der Waals surface area contributed by atoms with Gasteiger partial charge in [-0.2, -0.15) is 5.10 Å². The first kappa shape index (κ1) is 16.8. The molecule has 4 aromatic rings. The van der Waals surface area contributed by atoms with E-state index >= 15 is 0 Å². The maximum Gasteiger partial charge on any atom is 0.255 e. The number of nitrogens with zero attached hydrogens (tertiary/aromatic N) is 6. The second-order valence-corrected chi connectivity index (χ2v) is 6.19. The second-order valence-electron chi connectivity index (χ2n) is 6.19. The van der Waals surface area contributed by atoms with Crippen molar-refractivity contribution in [2.24, 2.45) is 0 Å². The molecule has 1 aromatic carbocycles. The van der Waals surface area contributed by atoms with E-state index in [1.54, 1.807) is 47.7 Å². The molecule has 3 aromatic heterocycles. The van der Waals surface area contributed by atoms with Crippen LogP contribution < -0.4 is 5.32 Å². The number of aryl methyl sites for hydroxylation is 1. The van der Waals surface area contributed by atoms with E-state index in [4.69, 9.17) is 0 Å². The molecule has 8 nitrogen and oxygen atoms in total. The van der Waals surface area contributed by atoms with Gasteiger partial charge < -0.3 is 5.32 Å². The van der Waals surface area contributed by atoms with Crippen molar-refractivity contribution in [1.82, 2.24) is 29.7 Å². The largest absolute Gasteiger partial charge is 0.319 e. The molecule has 8 heteroatoms. The van der Waals surface area contributed by atoms with Crippen molar-refractivity contribution in [3.63, 3.8) is 0 Å². The van der Waals surface area contributed by atoms with Crippen LogP contribution in [0.3, 0.4) is 0 Å². The second kappa shape index (κ2) is 6.56. The molecule has 1 amide bonds. The van der Waals surface area contributed by atoms with Crippen molar-refractivity contribution in [2.75, 3.05) is 5.32 Å². The van der Waals surface area contributed by atoms with Crippen molar-refractivity contribution in [2.45, 2.75) is 20.8 Å². The predicted octanol–water partition coefficient (Wildman–Crippen LogP) is 2.78. The molecule has 0 saturated heterocycles. The minimum atomic E-state index is -0.263. The molecule has 27 heavy (non-hydrogen) atoms. The van der Waals surface area contributed by atoms with Crippen molar-refractivity contribution >= 4 is 22.6 Å². The van der Waals surface area contributed by atoms with Crippen LogP contribution in [0.2, 0.25) is 0 Å². The smallest absolute Gasteiger partial charge is 0.255 e. The van der Waals surface area contributed by atoms with Gasteiger partial charge in [0, 0.05) is 23.7 Å². The third-order valence-electron chi connectivity index (χ3n) is 4.47. The number of carbonyl (C=O) groups is 1.